The van der Waals surface area contributed by atoms with Crippen molar-refractivity contribution in [3.8, 4) is 0 Å². The predicted octanol–water partition coefficient (Wildman–Crippen LogP) is 5.79. The normalized spacial score (nSPS) is 11.9. The number of nitrogens with zero attached hydrogens (tertiary/aromatic N) is 2. The molecule has 1 N–H and O–H groups in total. The first kappa shape index (κ1) is 30.5. The molecule has 0 aliphatic rings. The van der Waals surface area contributed by atoms with Crippen molar-refractivity contribution in [3.05, 3.63) is 129 Å². The zero-order valence-corrected chi connectivity index (χ0v) is 26.3. The van der Waals surface area contributed by atoms with Gasteiger partial charge in [-0.05, 0) is 53.6 Å². The van der Waals surface area contributed by atoms with E-state index in [9.17, 15) is 18.0 Å². The standard InChI is InChI=1S/C31H29Br2N3O4S/c1-34-31(38)29(19-23-10-4-2-5-11-23)35(21-24-12-8-13-25(32)18-24)30(37)22-36(27-15-9-14-26(33)20-27)41(39,40)28-16-6-3-7-17-28/h2-18,20,29H,19,21-22H2,1H3,(H,34,38). The molecule has 212 valence electrons. The molecule has 0 bridgehead atoms. The van der Waals surface area contributed by atoms with Crippen LogP contribution in [0.3, 0.4) is 0 Å². The Hall–Kier alpha value is -3.47. The highest BCUT2D eigenvalue weighted by molar-refractivity contribution is 9.10. The fourth-order valence-corrected chi connectivity index (χ4v) is 6.69. The average Bonchev–Trinajstić information content (AvgIpc) is 2.98. The van der Waals surface area contributed by atoms with Gasteiger partial charge in [0, 0.05) is 29.0 Å². The molecule has 0 spiro atoms. The topological polar surface area (TPSA) is 86.8 Å². The Morgan fingerprint density at radius 1 is 0.780 bits per heavy atom. The van der Waals surface area contributed by atoms with Gasteiger partial charge in [-0.25, -0.2) is 8.42 Å². The summed E-state index contributed by atoms with van der Waals surface area (Å²) in [4.78, 5) is 29.0. The summed E-state index contributed by atoms with van der Waals surface area (Å²) in [5, 5.41) is 2.69. The van der Waals surface area contributed by atoms with Gasteiger partial charge in [-0.15, -0.1) is 0 Å². The number of amides is 2. The lowest BCUT2D eigenvalue weighted by atomic mass is 10.0. The van der Waals surface area contributed by atoms with Crippen LogP contribution in [-0.2, 0) is 32.6 Å². The molecule has 1 unspecified atom stereocenters. The lowest BCUT2D eigenvalue weighted by Gasteiger charge is -2.33. The Morgan fingerprint density at radius 3 is 1.98 bits per heavy atom. The van der Waals surface area contributed by atoms with Crippen LogP contribution in [0.15, 0.2) is 123 Å². The Morgan fingerprint density at radius 2 is 1.37 bits per heavy atom. The number of rotatable bonds is 11. The number of hydrogen-bond acceptors (Lipinski definition) is 4. The Kier molecular flexibility index (Phi) is 10.4. The maximum atomic E-state index is 14.2. The first-order valence-electron chi connectivity index (χ1n) is 12.8. The molecule has 10 heteroatoms. The lowest BCUT2D eigenvalue weighted by Crippen LogP contribution is -2.53. The van der Waals surface area contributed by atoms with Crippen molar-refractivity contribution < 1.29 is 18.0 Å². The van der Waals surface area contributed by atoms with Crippen LogP contribution >= 0.6 is 31.9 Å². The molecule has 4 rings (SSSR count). The number of anilines is 1. The molecular formula is C31H29Br2N3O4S. The highest BCUT2D eigenvalue weighted by Gasteiger charge is 2.34. The SMILES string of the molecule is CNC(=O)C(Cc1ccccc1)N(Cc1cccc(Br)c1)C(=O)CN(c1cccc(Br)c1)S(=O)(=O)c1ccccc1. The first-order chi connectivity index (χ1) is 19.7. The maximum Gasteiger partial charge on any atom is 0.264 e. The fraction of sp³-hybridized carbons (Fsp3) is 0.161. The zero-order valence-electron chi connectivity index (χ0n) is 22.3. The summed E-state index contributed by atoms with van der Waals surface area (Å²) in [7, 11) is -2.61. The Labute approximate surface area is 257 Å². The molecule has 0 radical (unpaired) electrons. The van der Waals surface area contributed by atoms with Crippen LogP contribution in [0.2, 0.25) is 0 Å². The third-order valence-corrected chi connectivity index (χ3v) is 9.24. The van der Waals surface area contributed by atoms with E-state index in [2.05, 4.69) is 37.2 Å². The fourth-order valence-electron chi connectivity index (χ4n) is 4.43. The van der Waals surface area contributed by atoms with E-state index in [1.54, 1.807) is 42.5 Å². The molecule has 0 fully saturated rings. The minimum absolute atomic E-state index is 0.0541. The van der Waals surface area contributed by atoms with Gasteiger partial charge in [0.25, 0.3) is 10.0 Å². The molecule has 41 heavy (non-hydrogen) atoms. The molecule has 1 atom stereocenters. The number of carbonyl (C=O) groups excluding carboxylic acids is 2. The van der Waals surface area contributed by atoms with Gasteiger partial charge >= 0.3 is 0 Å². The van der Waals surface area contributed by atoms with Crippen molar-refractivity contribution in [1.82, 2.24) is 10.2 Å². The van der Waals surface area contributed by atoms with E-state index in [1.165, 1.54) is 24.1 Å². The number of carbonyl (C=O) groups is 2. The number of benzene rings is 4. The van der Waals surface area contributed by atoms with Gasteiger partial charge in [-0.1, -0.05) is 98.6 Å². The second kappa shape index (κ2) is 13.9. The summed E-state index contributed by atoms with van der Waals surface area (Å²) in [6.07, 6.45) is 0.253. The molecule has 0 aromatic heterocycles. The highest BCUT2D eigenvalue weighted by atomic mass is 79.9. The maximum absolute atomic E-state index is 14.2. The van der Waals surface area contributed by atoms with Crippen molar-refractivity contribution in [1.29, 1.82) is 0 Å². The summed E-state index contributed by atoms with van der Waals surface area (Å²) >= 11 is 6.89. The Balaban J connectivity index is 1.78. The van der Waals surface area contributed by atoms with Gasteiger partial charge < -0.3 is 10.2 Å². The van der Waals surface area contributed by atoms with Gasteiger partial charge in [0.15, 0.2) is 0 Å². The van der Waals surface area contributed by atoms with Gasteiger partial charge in [0.05, 0.1) is 10.6 Å². The minimum Gasteiger partial charge on any atom is -0.357 e. The third-order valence-electron chi connectivity index (χ3n) is 6.47. The Bertz CT molecular complexity index is 1600. The van der Waals surface area contributed by atoms with Crippen LogP contribution in [0.5, 0.6) is 0 Å². The summed E-state index contributed by atoms with van der Waals surface area (Å²) in [6, 6.07) is 30.7. The number of sulfonamides is 1. The van der Waals surface area contributed by atoms with Gasteiger partial charge in [-0.3, -0.25) is 13.9 Å². The lowest BCUT2D eigenvalue weighted by molar-refractivity contribution is -0.139. The molecule has 4 aromatic carbocycles. The summed E-state index contributed by atoms with van der Waals surface area (Å²) < 4.78 is 30.4. The van der Waals surface area contributed by atoms with E-state index in [1.807, 2.05) is 54.6 Å². The molecule has 7 nitrogen and oxygen atoms in total. The van der Waals surface area contributed by atoms with Crippen molar-refractivity contribution in [3.63, 3.8) is 0 Å². The second-order valence-electron chi connectivity index (χ2n) is 9.28. The van der Waals surface area contributed by atoms with Crippen molar-refractivity contribution in [2.45, 2.75) is 23.9 Å². The van der Waals surface area contributed by atoms with Gasteiger partial charge in [-0.2, -0.15) is 0 Å². The number of nitrogens with one attached hydrogen (secondary N) is 1. The van der Waals surface area contributed by atoms with Crippen LogP contribution in [0.1, 0.15) is 11.1 Å². The quantitative estimate of drug-likeness (QED) is 0.215. The van der Waals surface area contributed by atoms with Crippen LogP contribution < -0.4 is 9.62 Å². The highest BCUT2D eigenvalue weighted by Crippen LogP contribution is 2.27. The van der Waals surface area contributed by atoms with Crippen LogP contribution in [0.4, 0.5) is 5.69 Å². The van der Waals surface area contributed by atoms with E-state index in [0.717, 1.165) is 19.9 Å². The van der Waals surface area contributed by atoms with E-state index >= 15 is 0 Å². The van der Waals surface area contributed by atoms with Crippen LogP contribution in [0, 0.1) is 0 Å². The van der Waals surface area contributed by atoms with E-state index in [4.69, 9.17) is 0 Å². The van der Waals surface area contributed by atoms with E-state index in [-0.39, 0.29) is 23.8 Å². The summed E-state index contributed by atoms with van der Waals surface area (Å²) in [5.74, 6) is -0.869. The molecule has 0 aliphatic carbocycles. The van der Waals surface area contributed by atoms with Crippen LogP contribution in [-0.4, -0.2) is 44.8 Å². The molecular weight excluding hydrogens is 670 g/mol. The molecule has 4 aromatic rings. The van der Waals surface area contributed by atoms with Crippen molar-refractivity contribution in [2.75, 3.05) is 17.9 Å². The summed E-state index contributed by atoms with van der Waals surface area (Å²) in [6.45, 7) is -0.412. The van der Waals surface area contributed by atoms with E-state index < -0.39 is 28.5 Å². The minimum atomic E-state index is -4.13. The molecule has 0 saturated heterocycles. The number of halogens is 2. The predicted molar refractivity (Wildman–Crippen MR) is 168 cm³/mol. The van der Waals surface area contributed by atoms with Crippen LogP contribution in [0.25, 0.3) is 0 Å². The third kappa shape index (κ3) is 7.84. The largest absolute Gasteiger partial charge is 0.357 e. The van der Waals surface area contributed by atoms with Gasteiger partial charge in [0.1, 0.15) is 12.6 Å². The monoisotopic (exact) mass is 697 g/mol. The molecule has 0 saturated carbocycles. The molecule has 0 aliphatic heterocycles. The molecule has 0 heterocycles. The smallest absolute Gasteiger partial charge is 0.264 e. The molecule has 2 amide bonds. The van der Waals surface area contributed by atoms with Gasteiger partial charge in [0.2, 0.25) is 11.8 Å². The average molecular weight is 699 g/mol. The second-order valence-corrected chi connectivity index (χ2v) is 13.0. The van der Waals surface area contributed by atoms with Crippen molar-refractivity contribution in [2.24, 2.45) is 0 Å². The van der Waals surface area contributed by atoms with E-state index in [0.29, 0.717) is 10.2 Å². The summed E-state index contributed by atoms with van der Waals surface area (Å²) in [5.41, 5.74) is 1.97. The number of likely N-dealkylation sites (N-methyl/N-ethyl adjacent to an activating group) is 1. The van der Waals surface area contributed by atoms with Crippen molar-refractivity contribution >= 4 is 59.4 Å². The zero-order chi connectivity index (χ0) is 29.4. The first-order valence-corrected chi connectivity index (χ1v) is 15.8. The number of hydrogen-bond donors (Lipinski definition) is 1.